The smallest absolute Gasteiger partial charge is 0.245 e. The van der Waals surface area contributed by atoms with Gasteiger partial charge < -0.3 is 19.5 Å². The highest BCUT2D eigenvalue weighted by Gasteiger charge is 2.29. The molecule has 2 aliphatic rings. The predicted molar refractivity (Wildman–Crippen MR) is 149 cm³/mol. The average molecular weight is 633 g/mol. The van der Waals surface area contributed by atoms with Gasteiger partial charge in [0, 0.05) is 26.2 Å². The third-order valence-corrected chi connectivity index (χ3v) is 11.4. The summed E-state index contributed by atoms with van der Waals surface area (Å²) in [6.07, 6.45) is 0.911. The van der Waals surface area contributed by atoms with E-state index in [-0.39, 0.29) is 79.5 Å². The molecule has 4 rings (SSSR count). The Labute approximate surface area is 239 Å². The fourth-order valence-electron chi connectivity index (χ4n) is 4.32. The minimum Gasteiger partial charge on any atom is -0.495 e. The summed E-state index contributed by atoms with van der Waals surface area (Å²) in [4.78, 5) is 12.9. The van der Waals surface area contributed by atoms with Crippen LogP contribution in [0.25, 0.3) is 0 Å². The second-order valence-electron chi connectivity index (χ2n) is 9.21. The molecule has 0 aromatic heterocycles. The van der Waals surface area contributed by atoms with Gasteiger partial charge in [0.25, 0.3) is 0 Å². The monoisotopic (exact) mass is 632 g/mol. The standard InChI is InChI=1S/C24H32N4O10S3/c1-36-23-8-7-21(41(34,35)27-11-15-38-16-12-27)17-22(23)25-24(29)18-28(39(2,30)31)19-3-5-20(6-4-19)40(32,33)26-9-13-37-14-10-26/h3-8,17H,9-16,18H2,1-2H3,(H,25,29). The van der Waals surface area contributed by atoms with Crippen molar-refractivity contribution in [3.63, 3.8) is 0 Å². The molecule has 2 saturated heterocycles. The lowest BCUT2D eigenvalue weighted by Gasteiger charge is -2.27. The van der Waals surface area contributed by atoms with Crippen LogP contribution in [0.3, 0.4) is 0 Å². The van der Waals surface area contributed by atoms with Gasteiger partial charge in [-0.3, -0.25) is 9.10 Å². The molecule has 0 bridgehead atoms. The first kappa shape index (κ1) is 31.1. The average Bonchev–Trinajstić information content (AvgIpc) is 2.96. The molecule has 2 aromatic carbocycles. The summed E-state index contributed by atoms with van der Waals surface area (Å²) in [6.45, 7) is 1.20. The van der Waals surface area contributed by atoms with Crippen LogP contribution in [0.4, 0.5) is 11.4 Å². The molecule has 2 fully saturated rings. The van der Waals surface area contributed by atoms with Crippen LogP contribution in [0, 0.1) is 0 Å². The van der Waals surface area contributed by atoms with E-state index < -0.39 is 42.5 Å². The number of benzene rings is 2. The fourth-order valence-corrected chi connectivity index (χ4v) is 8.02. The number of hydrogen-bond donors (Lipinski definition) is 1. The molecule has 17 heteroatoms. The van der Waals surface area contributed by atoms with Crippen molar-refractivity contribution in [2.45, 2.75) is 9.79 Å². The van der Waals surface area contributed by atoms with Gasteiger partial charge in [0.2, 0.25) is 36.0 Å². The van der Waals surface area contributed by atoms with Gasteiger partial charge >= 0.3 is 0 Å². The maximum Gasteiger partial charge on any atom is 0.245 e. The Hall–Kier alpha value is -2.80. The first-order chi connectivity index (χ1) is 19.3. The van der Waals surface area contributed by atoms with E-state index in [1.807, 2.05) is 0 Å². The minimum absolute atomic E-state index is 0.0240. The molecule has 0 atom stereocenters. The van der Waals surface area contributed by atoms with Crippen LogP contribution in [0.15, 0.2) is 52.3 Å². The summed E-state index contributed by atoms with van der Waals surface area (Å²) >= 11 is 0. The summed E-state index contributed by atoms with van der Waals surface area (Å²) in [5.74, 6) is -0.609. The molecule has 1 N–H and O–H groups in total. The Morgan fingerprint density at radius 3 is 1.80 bits per heavy atom. The number of sulfonamides is 3. The quantitative estimate of drug-likeness (QED) is 0.380. The van der Waals surface area contributed by atoms with E-state index in [1.54, 1.807) is 0 Å². The fraction of sp³-hybridized carbons (Fsp3) is 0.458. The van der Waals surface area contributed by atoms with Crippen molar-refractivity contribution in [3.8, 4) is 5.75 Å². The van der Waals surface area contributed by atoms with Crippen LogP contribution in [0.1, 0.15) is 0 Å². The van der Waals surface area contributed by atoms with E-state index in [0.717, 1.165) is 10.6 Å². The zero-order valence-corrected chi connectivity index (χ0v) is 25.0. The van der Waals surface area contributed by atoms with E-state index in [0.29, 0.717) is 0 Å². The second-order valence-corrected chi connectivity index (χ2v) is 15.0. The van der Waals surface area contributed by atoms with E-state index >= 15 is 0 Å². The summed E-state index contributed by atoms with van der Waals surface area (Å²) in [5, 5.41) is 2.54. The van der Waals surface area contributed by atoms with E-state index in [1.165, 1.54) is 58.2 Å². The van der Waals surface area contributed by atoms with E-state index in [4.69, 9.17) is 14.2 Å². The van der Waals surface area contributed by atoms with Crippen molar-refractivity contribution < 1.29 is 44.3 Å². The van der Waals surface area contributed by atoms with Crippen LogP contribution >= 0.6 is 0 Å². The van der Waals surface area contributed by atoms with Crippen LogP contribution < -0.4 is 14.4 Å². The van der Waals surface area contributed by atoms with Gasteiger partial charge in [-0.25, -0.2) is 25.3 Å². The molecule has 2 heterocycles. The molecule has 0 unspecified atom stereocenters. The number of ether oxygens (including phenoxy) is 3. The third-order valence-electron chi connectivity index (χ3n) is 6.47. The molecule has 14 nitrogen and oxygen atoms in total. The van der Waals surface area contributed by atoms with E-state index in [2.05, 4.69) is 5.32 Å². The highest BCUT2D eigenvalue weighted by atomic mass is 32.2. The van der Waals surface area contributed by atoms with Crippen molar-refractivity contribution in [2.24, 2.45) is 0 Å². The van der Waals surface area contributed by atoms with E-state index in [9.17, 15) is 30.0 Å². The van der Waals surface area contributed by atoms with Crippen LogP contribution in [-0.2, 0) is 44.3 Å². The zero-order valence-electron chi connectivity index (χ0n) is 22.6. The number of amides is 1. The predicted octanol–water partition coefficient (Wildman–Crippen LogP) is 0.142. The van der Waals surface area contributed by atoms with Crippen molar-refractivity contribution in [2.75, 3.05) is 82.1 Å². The maximum absolute atomic E-state index is 13.1. The molecule has 226 valence electrons. The van der Waals surface area contributed by atoms with Crippen LogP contribution in [0.2, 0.25) is 0 Å². The summed E-state index contributed by atoms with van der Waals surface area (Å²) in [5.41, 5.74) is 0.103. The highest BCUT2D eigenvalue weighted by molar-refractivity contribution is 7.92. The van der Waals surface area contributed by atoms with Crippen molar-refractivity contribution >= 4 is 47.4 Å². The number of morpholine rings is 2. The highest BCUT2D eigenvalue weighted by Crippen LogP contribution is 2.30. The number of nitrogens with one attached hydrogen (secondary N) is 1. The largest absolute Gasteiger partial charge is 0.495 e. The summed E-state index contributed by atoms with van der Waals surface area (Å²) in [6, 6.07) is 9.16. The molecule has 41 heavy (non-hydrogen) atoms. The molecule has 1 amide bonds. The molecular weight excluding hydrogens is 600 g/mol. The Morgan fingerprint density at radius 1 is 0.829 bits per heavy atom. The molecular formula is C24H32N4O10S3. The van der Waals surface area contributed by atoms with Gasteiger partial charge in [-0.15, -0.1) is 0 Å². The van der Waals surface area contributed by atoms with Gasteiger partial charge in [0.05, 0.1) is 61.0 Å². The van der Waals surface area contributed by atoms with Crippen LogP contribution in [-0.4, -0.2) is 112 Å². The Bertz CT molecular complexity index is 1570. The lowest BCUT2D eigenvalue weighted by molar-refractivity contribution is -0.114. The Kier molecular flexibility index (Phi) is 9.57. The van der Waals surface area contributed by atoms with Crippen molar-refractivity contribution in [3.05, 3.63) is 42.5 Å². The zero-order chi connectivity index (χ0) is 29.8. The third kappa shape index (κ3) is 7.17. The minimum atomic E-state index is -3.99. The lowest BCUT2D eigenvalue weighted by atomic mass is 10.3. The van der Waals surface area contributed by atoms with Gasteiger partial charge in [-0.05, 0) is 42.5 Å². The molecule has 0 spiro atoms. The lowest BCUT2D eigenvalue weighted by Crippen LogP contribution is -2.40. The summed E-state index contributed by atoms with van der Waals surface area (Å²) < 4.78 is 96.3. The number of methoxy groups -OCH3 is 1. The first-order valence-corrected chi connectivity index (χ1v) is 17.3. The van der Waals surface area contributed by atoms with Gasteiger partial charge in [-0.1, -0.05) is 0 Å². The molecule has 0 radical (unpaired) electrons. The molecule has 0 aliphatic carbocycles. The normalized spacial score (nSPS) is 17.6. The molecule has 2 aromatic rings. The van der Waals surface area contributed by atoms with Gasteiger partial charge in [-0.2, -0.15) is 8.61 Å². The first-order valence-electron chi connectivity index (χ1n) is 12.6. The number of hydrogen-bond acceptors (Lipinski definition) is 10. The number of nitrogens with zero attached hydrogens (tertiary/aromatic N) is 3. The number of carbonyl (C=O) groups excluding carboxylic acids is 1. The maximum atomic E-state index is 13.1. The molecule has 0 saturated carbocycles. The summed E-state index contributed by atoms with van der Waals surface area (Å²) in [7, 11) is -10.3. The SMILES string of the molecule is COc1ccc(S(=O)(=O)N2CCOCC2)cc1NC(=O)CN(c1ccc(S(=O)(=O)N2CCOCC2)cc1)S(C)(=O)=O. The second kappa shape index (κ2) is 12.6. The topological polar surface area (TPSA) is 169 Å². The number of anilines is 2. The van der Waals surface area contributed by atoms with Crippen molar-refractivity contribution in [1.29, 1.82) is 0 Å². The molecule has 2 aliphatic heterocycles. The Morgan fingerprint density at radius 2 is 1.32 bits per heavy atom. The number of rotatable bonds is 10. The van der Waals surface area contributed by atoms with Crippen molar-refractivity contribution in [1.82, 2.24) is 8.61 Å². The van der Waals surface area contributed by atoms with Gasteiger partial charge in [0.15, 0.2) is 0 Å². The van der Waals surface area contributed by atoms with Gasteiger partial charge in [0.1, 0.15) is 12.3 Å². The number of carbonyl (C=O) groups is 1. The Balaban J connectivity index is 1.54. The van der Waals surface area contributed by atoms with Crippen LogP contribution in [0.5, 0.6) is 5.75 Å².